The van der Waals surface area contributed by atoms with Crippen molar-refractivity contribution in [2.75, 3.05) is 6.61 Å². The molecule has 0 spiro atoms. The van der Waals surface area contributed by atoms with Gasteiger partial charge in [-0.3, -0.25) is 18.9 Å². The van der Waals surface area contributed by atoms with E-state index < -0.39 is 19.5 Å². The van der Waals surface area contributed by atoms with Crippen molar-refractivity contribution in [3.63, 3.8) is 0 Å². The molecular weight excluding hydrogens is 335 g/mol. The fourth-order valence-electron chi connectivity index (χ4n) is 1.90. The molecule has 1 unspecified atom stereocenters. The third-order valence-corrected chi connectivity index (χ3v) is 3.85. The first-order valence-corrected chi connectivity index (χ1v) is 9.18. The van der Waals surface area contributed by atoms with E-state index in [1.165, 1.54) is 30.8 Å². The van der Waals surface area contributed by atoms with Crippen molar-refractivity contribution >= 4 is 19.4 Å². The molecule has 136 valence electrons. The molecule has 2 heterocycles. The normalized spacial score (nSPS) is 12.0. The molecule has 2 N–H and O–H groups in total. The average Bonchev–Trinajstić information content (AvgIpc) is 2.97. The van der Waals surface area contributed by atoms with Crippen LogP contribution in [0.5, 0.6) is 0 Å². The number of hydrogen-bond donors (Lipinski definition) is 2. The molecule has 10 heteroatoms. The van der Waals surface area contributed by atoms with Crippen LogP contribution >= 0.6 is 8.25 Å². The Balaban J connectivity index is 0.000000648. The number of nitrogens with zero attached hydrogens (tertiary/aromatic N) is 3. The Hall–Kier alpha value is -1.70. The van der Waals surface area contributed by atoms with Crippen LogP contribution < -0.4 is 11.2 Å². The summed E-state index contributed by atoms with van der Waals surface area (Å²) in [6.07, 6.45) is 5.37. The van der Waals surface area contributed by atoms with Crippen molar-refractivity contribution in [3.8, 4) is 0 Å². The van der Waals surface area contributed by atoms with Crippen LogP contribution in [-0.4, -0.2) is 30.6 Å². The molecular formula is C14H25N4O5P. The fourth-order valence-corrected chi connectivity index (χ4v) is 2.22. The zero-order valence-electron chi connectivity index (χ0n) is 14.2. The van der Waals surface area contributed by atoms with Gasteiger partial charge in [0.2, 0.25) is 0 Å². The number of rotatable bonds is 7. The van der Waals surface area contributed by atoms with E-state index in [1.807, 2.05) is 0 Å². The molecule has 1 atom stereocenters. The maximum absolute atomic E-state index is 11.8. The van der Waals surface area contributed by atoms with Crippen molar-refractivity contribution in [2.24, 2.45) is 7.05 Å². The van der Waals surface area contributed by atoms with Gasteiger partial charge in [-0.2, -0.15) is 0 Å². The minimum Gasteiger partial charge on any atom is -0.326 e. The smallest absolute Gasteiger partial charge is 0.326 e. The van der Waals surface area contributed by atoms with Gasteiger partial charge in [0.1, 0.15) is 0 Å². The maximum atomic E-state index is 11.8. The SMILES string of the molecule is CCCC.Cn1c(=O)[nH]c(=O)c2c1ncn2CCCCO[PH](=O)O. The lowest BCUT2D eigenvalue weighted by Gasteiger charge is -2.04. The second kappa shape index (κ2) is 10.2. The summed E-state index contributed by atoms with van der Waals surface area (Å²) in [6.45, 7) is 5.06. The minimum atomic E-state index is -2.88. The van der Waals surface area contributed by atoms with Crippen LogP contribution in [0, 0.1) is 0 Å². The highest BCUT2D eigenvalue weighted by Gasteiger charge is 2.10. The van der Waals surface area contributed by atoms with Crippen LogP contribution in [-0.2, 0) is 22.7 Å². The van der Waals surface area contributed by atoms with Crippen LogP contribution in [0.25, 0.3) is 11.2 Å². The van der Waals surface area contributed by atoms with Gasteiger partial charge in [-0.25, -0.2) is 9.78 Å². The summed E-state index contributed by atoms with van der Waals surface area (Å²) < 4.78 is 17.8. The Morgan fingerprint density at radius 1 is 1.29 bits per heavy atom. The number of aromatic amines is 1. The Bertz CT molecular complexity index is 778. The maximum Gasteiger partial charge on any atom is 0.329 e. The molecule has 0 bridgehead atoms. The summed E-state index contributed by atoms with van der Waals surface area (Å²) >= 11 is 0. The molecule has 0 aliphatic carbocycles. The lowest BCUT2D eigenvalue weighted by atomic mass is 10.3. The monoisotopic (exact) mass is 360 g/mol. The topological polar surface area (TPSA) is 119 Å². The number of unbranched alkanes of at least 4 members (excludes halogenated alkanes) is 2. The Labute approximate surface area is 140 Å². The molecule has 0 saturated heterocycles. The number of hydrogen-bond acceptors (Lipinski definition) is 5. The van der Waals surface area contributed by atoms with E-state index >= 15 is 0 Å². The number of imidazole rings is 1. The van der Waals surface area contributed by atoms with Gasteiger partial charge in [0.25, 0.3) is 5.56 Å². The lowest BCUT2D eigenvalue weighted by molar-refractivity contribution is 0.273. The first-order valence-electron chi connectivity index (χ1n) is 7.92. The van der Waals surface area contributed by atoms with E-state index in [2.05, 4.69) is 28.3 Å². The molecule has 2 aromatic heterocycles. The summed E-state index contributed by atoms with van der Waals surface area (Å²) in [5, 5.41) is 0. The van der Waals surface area contributed by atoms with Gasteiger partial charge in [-0.05, 0) is 12.8 Å². The molecule has 9 nitrogen and oxygen atoms in total. The molecule has 0 saturated carbocycles. The van der Waals surface area contributed by atoms with Crippen molar-refractivity contribution in [1.82, 2.24) is 19.1 Å². The quantitative estimate of drug-likeness (QED) is 0.569. The molecule has 0 fully saturated rings. The summed E-state index contributed by atoms with van der Waals surface area (Å²) in [5.41, 5.74) is -0.314. The summed E-state index contributed by atoms with van der Waals surface area (Å²) in [4.78, 5) is 38.0. The molecule has 0 amide bonds. The van der Waals surface area contributed by atoms with E-state index in [0.717, 1.165) is 0 Å². The summed E-state index contributed by atoms with van der Waals surface area (Å²) in [7, 11) is -1.35. The highest BCUT2D eigenvalue weighted by atomic mass is 31.1. The van der Waals surface area contributed by atoms with Gasteiger partial charge < -0.3 is 14.0 Å². The van der Waals surface area contributed by atoms with Crippen LogP contribution in [0.15, 0.2) is 15.9 Å². The first kappa shape index (κ1) is 20.3. The van der Waals surface area contributed by atoms with Crippen LogP contribution in [0.2, 0.25) is 0 Å². The number of H-pyrrole nitrogens is 1. The zero-order chi connectivity index (χ0) is 18.1. The van der Waals surface area contributed by atoms with Crippen LogP contribution in [0.4, 0.5) is 0 Å². The van der Waals surface area contributed by atoms with E-state index in [9.17, 15) is 14.2 Å². The van der Waals surface area contributed by atoms with E-state index in [-0.39, 0.29) is 6.61 Å². The first-order chi connectivity index (χ1) is 11.4. The molecule has 0 aromatic carbocycles. The lowest BCUT2D eigenvalue weighted by Crippen LogP contribution is -2.29. The molecule has 2 rings (SSSR count). The van der Waals surface area contributed by atoms with E-state index in [0.29, 0.717) is 30.6 Å². The van der Waals surface area contributed by atoms with Gasteiger partial charge in [-0.15, -0.1) is 0 Å². The van der Waals surface area contributed by atoms with Crippen LogP contribution in [0.1, 0.15) is 39.5 Å². The number of fused-ring (bicyclic) bond motifs is 1. The van der Waals surface area contributed by atoms with E-state index in [1.54, 1.807) is 4.57 Å². The second-order valence-corrected chi connectivity index (χ2v) is 6.07. The predicted molar refractivity (Wildman–Crippen MR) is 92.6 cm³/mol. The molecule has 2 aromatic rings. The van der Waals surface area contributed by atoms with E-state index in [4.69, 9.17) is 4.89 Å². The van der Waals surface area contributed by atoms with Crippen molar-refractivity contribution < 1.29 is 14.0 Å². The van der Waals surface area contributed by atoms with Crippen molar-refractivity contribution in [1.29, 1.82) is 0 Å². The number of aryl methyl sites for hydroxylation is 2. The highest BCUT2D eigenvalue weighted by molar-refractivity contribution is 7.32. The minimum absolute atomic E-state index is 0.190. The van der Waals surface area contributed by atoms with Gasteiger partial charge in [0, 0.05) is 13.6 Å². The zero-order valence-corrected chi connectivity index (χ0v) is 15.2. The van der Waals surface area contributed by atoms with Gasteiger partial charge in [0.05, 0.1) is 12.9 Å². The van der Waals surface area contributed by atoms with Crippen LogP contribution in [0.3, 0.4) is 0 Å². The van der Waals surface area contributed by atoms with Gasteiger partial charge in [-0.1, -0.05) is 26.7 Å². The predicted octanol–water partition coefficient (Wildman–Crippen LogP) is 1.41. The Kier molecular flexibility index (Phi) is 8.67. The Morgan fingerprint density at radius 3 is 2.54 bits per heavy atom. The third-order valence-electron chi connectivity index (χ3n) is 3.40. The molecule has 0 radical (unpaired) electrons. The molecule has 0 aliphatic heterocycles. The highest BCUT2D eigenvalue weighted by Crippen LogP contribution is 2.15. The molecule has 24 heavy (non-hydrogen) atoms. The van der Waals surface area contributed by atoms with Crippen molar-refractivity contribution in [2.45, 2.75) is 46.1 Å². The van der Waals surface area contributed by atoms with Gasteiger partial charge >= 0.3 is 13.9 Å². The number of aromatic nitrogens is 4. The van der Waals surface area contributed by atoms with Gasteiger partial charge in [0.15, 0.2) is 11.2 Å². The average molecular weight is 360 g/mol. The van der Waals surface area contributed by atoms with Crippen molar-refractivity contribution in [3.05, 3.63) is 27.2 Å². The third kappa shape index (κ3) is 5.74. The molecule has 0 aliphatic rings. The second-order valence-electron chi connectivity index (χ2n) is 5.25. The standard InChI is InChI=1S/C10H15N4O5P.C4H10/c1-13-8-7(9(15)12-10(13)16)14(6-11-8)4-2-3-5-19-20(17)18;1-3-4-2/h6,20H,2-5H2,1H3,(H,17,18)(H,12,15,16);3-4H2,1-2H3. The summed E-state index contributed by atoms with van der Waals surface area (Å²) in [6, 6.07) is 0. The Morgan fingerprint density at radius 2 is 1.96 bits per heavy atom. The summed E-state index contributed by atoms with van der Waals surface area (Å²) in [5.74, 6) is 0. The largest absolute Gasteiger partial charge is 0.329 e. The number of nitrogens with one attached hydrogen (secondary N) is 1. The fraction of sp³-hybridized carbons (Fsp3) is 0.643.